The molecule has 0 aromatic heterocycles. The number of nitrogens with one attached hydrogen (secondary N) is 2. The molecule has 0 aliphatic heterocycles. The van der Waals surface area contributed by atoms with Gasteiger partial charge in [-0.25, -0.2) is 0 Å². The number of amidine groups is 1. The first-order valence-corrected chi connectivity index (χ1v) is 5.00. The van der Waals surface area contributed by atoms with Crippen LogP contribution in [-0.2, 0) is 0 Å². The quantitative estimate of drug-likeness (QED) is 0.300. The molecular formula is C11H20N4. The van der Waals surface area contributed by atoms with E-state index in [1.54, 1.807) is 7.05 Å². The topological polar surface area (TPSA) is 65.1 Å². The van der Waals surface area contributed by atoms with Gasteiger partial charge in [-0.2, -0.15) is 5.53 Å². The summed E-state index contributed by atoms with van der Waals surface area (Å²) in [4.78, 5) is 0. The van der Waals surface area contributed by atoms with E-state index >= 15 is 0 Å². The Bertz CT molecular complexity index is 309. The number of nitrogens with zero attached hydrogens (tertiary/aromatic N) is 1. The Kier molecular flexibility index (Phi) is 6.33. The first-order valence-electron chi connectivity index (χ1n) is 5.00. The maximum absolute atomic E-state index is 7.72. The fraction of sp³-hybridized carbons (Fsp3) is 0.364. The number of nitrogens with two attached hydrogens (primary N) is 1. The predicted molar refractivity (Wildman–Crippen MR) is 64.4 cm³/mol. The molecular weight excluding hydrogens is 188 g/mol. The summed E-state index contributed by atoms with van der Waals surface area (Å²) in [7, 11) is 1.70. The lowest BCUT2D eigenvalue weighted by Crippen LogP contribution is -2.43. The van der Waals surface area contributed by atoms with Crippen molar-refractivity contribution in [2.24, 2.45) is 5.84 Å². The van der Waals surface area contributed by atoms with Crippen molar-refractivity contribution in [2.45, 2.75) is 20.8 Å². The van der Waals surface area contributed by atoms with Crippen molar-refractivity contribution in [1.29, 1.82) is 5.41 Å². The van der Waals surface area contributed by atoms with Crippen LogP contribution in [0.3, 0.4) is 0 Å². The maximum atomic E-state index is 7.72. The molecule has 0 radical (unpaired) electrons. The molecule has 4 nitrogen and oxygen atoms in total. The van der Waals surface area contributed by atoms with Gasteiger partial charge in [-0.15, -0.1) is 0 Å². The number of aryl methyl sites for hydroxylation is 1. The lowest BCUT2D eigenvalue weighted by molar-refractivity contribution is 0.375. The van der Waals surface area contributed by atoms with Gasteiger partial charge in [0, 0.05) is 12.6 Å². The van der Waals surface area contributed by atoms with Crippen molar-refractivity contribution in [2.75, 3.05) is 7.05 Å². The summed E-state index contributed by atoms with van der Waals surface area (Å²) in [6.07, 6.45) is 0. The Balaban J connectivity index is 0.000000921. The van der Waals surface area contributed by atoms with Gasteiger partial charge in [-0.1, -0.05) is 37.6 Å². The maximum Gasteiger partial charge on any atom is 0.143 e. The van der Waals surface area contributed by atoms with E-state index in [2.05, 4.69) is 5.53 Å². The molecule has 0 saturated heterocycles. The largest absolute Gasteiger partial charge is 0.283 e. The van der Waals surface area contributed by atoms with Crippen molar-refractivity contribution >= 4 is 5.84 Å². The van der Waals surface area contributed by atoms with Gasteiger partial charge in [0.1, 0.15) is 5.84 Å². The van der Waals surface area contributed by atoms with E-state index in [9.17, 15) is 0 Å². The van der Waals surface area contributed by atoms with Gasteiger partial charge in [0.15, 0.2) is 0 Å². The van der Waals surface area contributed by atoms with Crippen LogP contribution >= 0.6 is 0 Å². The number of hydrazine groups is 2. The summed E-state index contributed by atoms with van der Waals surface area (Å²) in [6.45, 7) is 5.99. The molecule has 0 unspecified atom stereocenters. The molecule has 0 aliphatic carbocycles. The first-order chi connectivity index (χ1) is 7.15. The van der Waals surface area contributed by atoms with Crippen LogP contribution in [0.4, 0.5) is 0 Å². The molecule has 84 valence electrons. The molecule has 0 bridgehead atoms. The van der Waals surface area contributed by atoms with E-state index in [0.717, 1.165) is 11.1 Å². The van der Waals surface area contributed by atoms with Crippen LogP contribution in [0.5, 0.6) is 0 Å². The zero-order valence-corrected chi connectivity index (χ0v) is 9.83. The molecule has 4 heteroatoms. The Morgan fingerprint density at radius 3 is 2.47 bits per heavy atom. The van der Waals surface area contributed by atoms with Gasteiger partial charge >= 0.3 is 0 Å². The van der Waals surface area contributed by atoms with Crippen molar-refractivity contribution in [3.05, 3.63) is 35.4 Å². The summed E-state index contributed by atoms with van der Waals surface area (Å²) in [5, 5.41) is 9.17. The minimum absolute atomic E-state index is 0.353. The molecule has 0 fully saturated rings. The number of benzene rings is 1. The molecule has 0 aliphatic rings. The third-order valence-electron chi connectivity index (χ3n) is 1.82. The zero-order chi connectivity index (χ0) is 11.8. The third-order valence-corrected chi connectivity index (χ3v) is 1.82. The van der Waals surface area contributed by atoms with Crippen LogP contribution in [0.1, 0.15) is 25.0 Å². The highest BCUT2D eigenvalue weighted by atomic mass is 15.6. The third kappa shape index (κ3) is 4.10. The van der Waals surface area contributed by atoms with Crippen LogP contribution in [0.15, 0.2) is 24.3 Å². The summed E-state index contributed by atoms with van der Waals surface area (Å²) in [5.41, 5.74) is 4.37. The van der Waals surface area contributed by atoms with Crippen molar-refractivity contribution < 1.29 is 0 Å². The number of hydrogen-bond acceptors (Lipinski definition) is 3. The minimum atomic E-state index is 0.353. The molecule has 0 spiro atoms. The van der Waals surface area contributed by atoms with Gasteiger partial charge in [-0.3, -0.25) is 16.3 Å². The van der Waals surface area contributed by atoms with Crippen LogP contribution in [0.25, 0.3) is 0 Å². The zero-order valence-electron chi connectivity index (χ0n) is 9.83. The molecule has 0 saturated carbocycles. The molecule has 0 atom stereocenters. The van der Waals surface area contributed by atoms with Gasteiger partial charge < -0.3 is 0 Å². The van der Waals surface area contributed by atoms with Crippen LogP contribution < -0.4 is 11.4 Å². The summed E-state index contributed by atoms with van der Waals surface area (Å²) in [5.74, 6) is 5.54. The molecule has 0 amide bonds. The van der Waals surface area contributed by atoms with E-state index < -0.39 is 0 Å². The van der Waals surface area contributed by atoms with E-state index in [1.165, 1.54) is 5.01 Å². The molecule has 1 rings (SSSR count). The van der Waals surface area contributed by atoms with Gasteiger partial charge in [0.05, 0.1) is 0 Å². The average Bonchev–Trinajstić information content (AvgIpc) is 2.29. The highest BCUT2D eigenvalue weighted by Crippen LogP contribution is 2.05. The lowest BCUT2D eigenvalue weighted by atomic mass is 10.1. The summed E-state index contributed by atoms with van der Waals surface area (Å²) >= 11 is 0. The van der Waals surface area contributed by atoms with Crippen LogP contribution in [0, 0.1) is 12.3 Å². The predicted octanol–water partition coefficient (Wildman–Crippen LogP) is 1.66. The Labute approximate surface area is 91.5 Å². The van der Waals surface area contributed by atoms with Crippen molar-refractivity contribution in [3.63, 3.8) is 0 Å². The normalized spacial score (nSPS) is 8.87. The molecule has 15 heavy (non-hydrogen) atoms. The molecule has 4 N–H and O–H groups in total. The minimum Gasteiger partial charge on any atom is -0.283 e. The Morgan fingerprint density at radius 1 is 1.40 bits per heavy atom. The van der Waals surface area contributed by atoms with E-state index in [1.807, 2.05) is 45.0 Å². The second kappa shape index (κ2) is 6.98. The standard InChI is InChI=1S/C9H14N4.C2H6/c1-7-4-3-5-8(6-7)9(10)13(2)12-11;1-2/h3-6,10,12H,11H2,1-2H3;1-2H3. The van der Waals surface area contributed by atoms with Crippen LogP contribution in [0.2, 0.25) is 0 Å². The second-order valence-electron chi connectivity index (χ2n) is 2.91. The van der Waals surface area contributed by atoms with Gasteiger partial charge in [-0.05, 0) is 13.0 Å². The first kappa shape index (κ1) is 13.6. The van der Waals surface area contributed by atoms with E-state index in [0.29, 0.717) is 5.84 Å². The summed E-state index contributed by atoms with van der Waals surface area (Å²) in [6, 6.07) is 7.73. The van der Waals surface area contributed by atoms with Crippen LogP contribution in [-0.4, -0.2) is 17.9 Å². The highest BCUT2D eigenvalue weighted by molar-refractivity contribution is 5.95. The Hall–Kier alpha value is -1.39. The fourth-order valence-corrected chi connectivity index (χ4v) is 1.05. The second-order valence-corrected chi connectivity index (χ2v) is 2.91. The van der Waals surface area contributed by atoms with Crippen molar-refractivity contribution in [1.82, 2.24) is 10.5 Å². The van der Waals surface area contributed by atoms with E-state index in [-0.39, 0.29) is 0 Å². The number of rotatable bonds is 2. The van der Waals surface area contributed by atoms with Crippen molar-refractivity contribution in [3.8, 4) is 0 Å². The molecule has 1 aromatic carbocycles. The monoisotopic (exact) mass is 208 g/mol. The molecule has 0 heterocycles. The van der Waals surface area contributed by atoms with Gasteiger partial charge in [0.2, 0.25) is 0 Å². The van der Waals surface area contributed by atoms with E-state index in [4.69, 9.17) is 11.3 Å². The Morgan fingerprint density at radius 2 is 2.00 bits per heavy atom. The summed E-state index contributed by atoms with van der Waals surface area (Å²) < 4.78 is 0. The molecule has 1 aromatic rings. The highest BCUT2D eigenvalue weighted by Gasteiger charge is 2.04. The smallest absolute Gasteiger partial charge is 0.143 e. The number of hydrogen-bond donors (Lipinski definition) is 3. The van der Waals surface area contributed by atoms with Gasteiger partial charge in [0.25, 0.3) is 0 Å². The lowest BCUT2D eigenvalue weighted by Gasteiger charge is -2.17. The fourth-order valence-electron chi connectivity index (χ4n) is 1.05. The SMILES string of the molecule is CC.Cc1cccc(C(=N)N(C)NN)c1. The average molecular weight is 208 g/mol.